The molecular weight excluding hydrogens is 450 g/mol. The molecule has 1 N–H and O–H groups in total. The number of aliphatic hydroxyl groups is 1. The molecule has 1 aliphatic heterocycles. The molecule has 0 unspecified atom stereocenters. The molecule has 3 rings (SSSR count). The van der Waals surface area contributed by atoms with Crippen molar-refractivity contribution in [3.05, 3.63) is 57.8 Å². The van der Waals surface area contributed by atoms with E-state index in [4.69, 9.17) is 0 Å². The van der Waals surface area contributed by atoms with Crippen LogP contribution < -0.4 is 0 Å². The Morgan fingerprint density at radius 1 is 1.09 bits per heavy atom. The fourth-order valence-corrected chi connectivity index (χ4v) is 5.31. The summed E-state index contributed by atoms with van der Waals surface area (Å²) in [6.45, 7) is 1.13. The third-order valence-electron chi connectivity index (χ3n) is 5.26. The van der Waals surface area contributed by atoms with Gasteiger partial charge in [-0.25, -0.2) is 12.7 Å². The molecule has 2 aromatic rings. The normalized spacial score (nSPS) is 18.8. The highest BCUT2D eigenvalue weighted by molar-refractivity contribution is 7.89. The Bertz CT molecular complexity index is 1120. The maximum Gasteiger partial charge on any atom is 0.295 e. The monoisotopic (exact) mass is 477 g/mol. The van der Waals surface area contributed by atoms with Gasteiger partial charge in [0.15, 0.2) is 0 Å². The van der Waals surface area contributed by atoms with Gasteiger partial charge >= 0.3 is 0 Å². The molecule has 0 radical (unpaired) electrons. The second-order valence-electron chi connectivity index (χ2n) is 7.98. The van der Waals surface area contributed by atoms with Crippen LogP contribution in [0.4, 0.5) is 0 Å². The van der Waals surface area contributed by atoms with Crippen molar-refractivity contribution in [3.8, 4) is 0 Å². The Labute approximate surface area is 192 Å². The second kappa shape index (κ2) is 9.53. The lowest BCUT2D eigenvalue weighted by Crippen LogP contribution is -2.32. The fraction of sp³-hybridized carbons (Fsp3) is 0.364. The zero-order chi connectivity index (χ0) is 23.6. The number of hydrogen-bond acceptors (Lipinski definition) is 7. The lowest BCUT2D eigenvalue weighted by Gasteiger charge is -2.24. The molecule has 0 bridgehead atoms. The van der Waals surface area contributed by atoms with Crippen LogP contribution in [0.5, 0.6) is 0 Å². The number of sulfonamides is 1. The van der Waals surface area contributed by atoms with Crippen LogP contribution in [-0.2, 0) is 19.6 Å². The molecule has 8 nitrogen and oxygen atoms in total. The average Bonchev–Trinajstić information content (AvgIpc) is 3.35. The highest BCUT2D eigenvalue weighted by Gasteiger charge is 2.46. The summed E-state index contributed by atoms with van der Waals surface area (Å²) in [5, 5.41) is 12.9. The lowest BCUT2D eigenvalue weighted by atomic mass is 10.00. The largest absolute Gasteiger partial charge is 0.507 e. The van der Waals surface area contributed by atoms with Gasteiger partial charge in [0.25, 0.3) is 11.7 Å². The molecule has 1 aromatic carbocycles. The highest BCUT2D eigenvalue weighted by Crippen LogP contribution is 2.41. The van der Waals surface area contributed by atoms with E-state index >= 15 is 0 Å². The number of amides is 1. The Balaban J connectivity index is 2.03. The molecular formula is C22H27N3O5S2. The number of aliphatic hydroxyl groups excluding tert-OH is 1. The van der Waals surface area contributed by atoms with Crippen LogP contribution in [0.3, 0.4) is 0 Å². The van der Waals surface area contributed by atoms with E-state index in [9.17, 15) is 23.1 Å². The number of thiophene rings is 1. The van der Waals surface area contributed by atoms with Crippen LogP contribution in [0.25, 0.3) is 5.76 Å². The molecule has 1 atom stereocenters. The minimum atomic E-state index is -3.63. The van der Waals surface area contributed by atoms with E-state index in [-0.39, 0.29) is 21.8 Å². The highest BCUT2D eigenvalue weighted by atomic mass is 32.2. The molecule has 2 heterocycles. The zero-order valence-electron chi connectivity index (χ0n) is 18.5. The van der Waals surface area contributed by atoms with Gasteiger partial charge < -0.3 is 14.9 Å². The topological polar surface area (TPSA) is 98.2 Å². The summed E-state index contributed by atoms with van der Waals surface area (Å²) in [5.41, 5.74) is 0.293. The number of hydrogen-bond donors (Lipinski definition) is 1. The van der Waals surface area contributed by atoms with E-state index < -0.39 is 27.8 Å². The molecule has 10 heteroatoms. The third kappa shape index (κ3) is 4.63. The first-order chi connectivity index (χ1) is 15.1. The first kappa shape index (κ1) is 24.1. The summed E-state index contributed by atoms with van der Waals surface area (Å²) < 4.78 is 25.7. The van der Waals surface area contributed by atoms with E-state index in [0.717, 1.165) is 15.7 Å². The van der Waals surface area contributed by atoms with E-state index in [0.29, 0.717) is 13.0 Å². The van der Waals surface area contributed by atoms with Crippen molar-refractivity contribution in [3.63, 3.8) is 0 Å². The summed E-state index contributed by atoms with van der Waals surface area (Å²) in [4.78, 5) is 30.1. The maximum atomic E-state index is 12.9. The fourth-order valence-electron chi connectivity index (χ4n) is 3.56. The molecule has 1 aromatic heterocycles. The molecule has 1 aliphatic rings. The first-order valence-electron chi connectivity index (χ1n) is 10.0. The van der Waals surface area contributed by atoms with Gasteiger partial charge in [0.05, 0.1) is 16.5 Å². The van der Waals surface area contributed by atoms with Crippen molar-refractivity contribution in [2.75, 3.05) is 41.3 Å². The molecule has 0 spiro atoms. The van der Waals surface area contributed by atoms with Crippen molar-refractivity contribution in [1.29, 1.82) is 0 Å². The SMILES string of the molecule is CN(C)CCCN1C(=O)C(=O)/C(=C(/O)c2ccc(S(=O)(=O)N(C)C)cc2)[C@H]1c1cccs1. The second-order valence-corrected chi connectivity index (χ2v) is 11.1. The van der Waals surface area contributed by atoms with Crippen LogP contribution in [-0.4, -0.2) is 80.6 Å². The number of carbonyl (C=O) groups excluding carboxylic acids is 2. The van der Waals surface area contributed by atoms with Crippen molar-refractivity contribution in [2.45, 2.75) is 17.4 Å². The minimum absolute atomic E-state index is 0.0190. The standard InChI is InChI=1S/C22H27N3O5S2/c1-23(2)12-6-13-25-19(17-7-5-14-31-17)18(21(27)22(25)28)20(26)15-8-10-16(11-9-15)32(29,30)24(3)4/h5,7-11,14,19,26H,6,12-13H2,1-4H3/b20-18+/t19-/m1/s1. The maximum absolute atomic E-state index is 12.9. The van der Waals surface area contributed by atoms with E-state index in [1.165, 1.54) is 54.6 Å². The number of carbonyl (C=O) groups is 2. The number of Topliss-reactive ketones (excluding diaryl/α,β-unsaturated/α-hetero) is 1. The van der Waals surface area contributed by atoms with Crippen LogP contribution in [0.15, 0.2) is 52.2 Å². The average molecular weight is 478 g/mol. The number of benzene rings is 1. The molecule has 1 amide bonds. The Morgan fingerprint density at radius 2 is 1.75 bits per heavy atom. The van der Waals surface area contributed by atoms with Gasteiger partial charge in [-0.1, -0.05) is 6.07 Å². The Kier molecular flexibility index (Phi) is 7.19. The molecule has 1 fully saturated rings. The first-order valence-corrected chi connectivity index (χ1v) is 12.4. The number of likely N-dealkylation sites (tertiary alicyclic amines) is 1. The quantitative estimate of drug-likeness (QED) is 0.356. The smallest absolute Gasteiger partial charge is 0.295 e. The summed E-state index contributed by atoms with van der Waals surface area (Å²) in [7, 11) is 3.11. The summed E-state index contributed by atoms with van der Waals surface area (Å²) in [6.07, 6.45) is 0.680. The number of nitrogens with zero attached hydrogens (tertiary/aromatic N) is 3. The molecule has 32 heavy (non-hydrogen) atoms. The number of rotatable bonds is 8. The third-order valence-corrected chi connectivity index (χ3v) is 8.02. The van der Waals surface area contributed by atoms with Gasteiger partial charge in [0.1, 0.15) is 5.76 Å². The van der Waals surface area contributed by atoms with Crippen molar-refractivity contribution in [2.24, 2.45) is 0 Å². The predicted molar refractivity (Wildman–Crippen MR) is 124 cm³/mol. The van der Waals surface area contributed by atoms with Crippen molar-refractivity contribution >= 4 is 38.8 Å². The van der Waals surface area contributed by atoms with Gasteiger partial charge in [-0.15, -0.1) is 11.3 Å². The molecule has 172 valence electrons. The lowest BCUT2D eigenvalue weighted by molar-refractivity contribution is -0.139. The summed E-state index contributed by atoms with van der Waals surface area (Å²) in [6, 6.07) is 8.62. The van der Waals surface area contributed by atoms with E-state index in [1.54, 1.807) is 0 Å². The molecule has 1 saturated heterocycles. The minimum Gasteiger partial charge on any atom is -0.507 e. The van der Waals surface area contributed by atoms with Crippen molar-refractivity contribution in [1.82, 2.24) is 14.1 Å². The van der Waals surface area contributed by atoms with E-state index in [1.807, 2.05) is 36.5 Å². The Morgan fingerprint density at radius 3 is 2.28 bits per heavy atom. The van der Waals surface area contributed by atoms with Gasteiger partial charge in [-0.3, -0.25) is 9.59 Å². The van der Waals surface area contributed by atoms with Crippen LogP contribution >= 0.6 is 11.3 Å². The van der Waals surface area contributed by atoms with Crippen molar-refractivity contribution < 1.29 is 23.1 Å². The zero-order valence-corrected chi connectivity index (χ0v) is 20.1. The van der Waals surface area contributed by atoms with Crippen LogP contribution in [0.2, 0.25) is 0 Å². The van der Waals surface area contributed by atoms with E-state index in [2.05, 4.69) is 0 Å². The predicted octanol–water partition coefficient (Wildman–Crippen LogP) is 2.37. The summed E-state index contributed by atoms with van der Waals surface area (Å²) >= 11 is 1.41. The van der Waals surface area contributed by atoms with Gasteiger partial charge in [0.2, 0.25) is 10.0 Å². The van der Waals surface area contributed by atoms with Crippen LogP contribution in [0.1, 0.15) is 22.9 Å². The molecule has 0 saturated carbocycles. The molecule has 0 aliphatic carbocycles. The van der Waals surface area contributed by atoms with Gasteiger partial charge in [0, 0.05) is 31.1 Å². The van der Waals surface area contributed by atoms with Gasteiger partial charge in [-0.05, 0) is 62.8 Å². The Hall–Kier alpha value is -2.53. The number of ketones is 1. The summed E-state index contributed by atoms with van der Waals surface area (Å²) in [5.74, 6) is -1.70. The van der Waals surface area contributed by atoms with Gasteiger partial charge in [-0.2, -0.15) is 0 Å². The van der Waals surface area contributed by atoms with Crippen LogP contribution in [0, 0.1) is 0 Å².